The van der Waals surface area contributed by atoms with Crippen LogP contribution in [-0.2, 0) is 6.54 Å². The Morgan fingerprint density at radius 2 is 2.07 bits per heavy atom. The molecular weight excluding hydrogens is 174 g/mol. The Hall–Kier alpha value is -1.44. The number of benzene rings is 1. The van der Waals surface area contributed by atoms with Crippen LogP contribution in [0.15, 0.2) is 30.5 Å². The van der Waals surface area contributed by atoms with Gasteiger partial charge in [-0.15, -0.1) is 0 Å². The van der Waals surface area contributed by atoms with Crippen LogP contribution in [0.1, 0.15) is 13.8 Å². The van der Waals surface area contributed by atoms with Gasteiger partial charge in [0.05, 0.1) is 5.52 Å². The highest BCUT2D eigenvalue weighted by Crippen LogP contribution is 2.25. The largest absolute Gasteiger partial charge is 0.507 e. The Bertz CT molecular complexity index is 443. The minimum Gasteiger partial charge on any atom is -0.507 e. The minimum atomic E-state index is 0.366. The molecule has 0 saturated carbocycles. The van der Waals surface area contributed by atoms with Crippen molar-refractivity contribution < 1.29 is 5.11 Å². The molecule has 0 unspecified atom stereocenters. The van der Waals surface area contributed by atoms with Gasteiger partial charge in [0, 0.05) is 18.1 Å². The molecule has 0 aliphatic heterocycles. The lowest BCUT2D eigenvalue weighted by Crippen LogP contribution is -2.02. The van der Waals surface area contributed by atoms with E-state index in [4.69, 9.17) is 0 Å². The summed E-state index contributed by atoms with van der Waals surface area (Å²) in [7, 11) is 0. The molecule has 0 radical (unpaired) electrons. The number of hydrogen-bond acceptors (Lipinski definition) is 1. The number of hydrogen-bond donors (Lipinski definition) is 1. The first-order valence-electron chi connectivity index (χ1n) is 4.95. The second-order valence-electron chi connectivity index (χ2n) is 4.07. The fourth-order valence-electron chi connectivity index (χ4n) is 1.76. The normalized spacial score (nSPS) is 11.4. The number of phenolic OH excluding ortho intramolecular Hbond substituents is 1. The summed E-state index contributed by atoms with van der Waals surface area (Å²) in [5.41, 5.74) is 1.11. The van der Waals surface area contributed by atoms with Crippen LogP contribution in [0.25, 0.3) is 10.9 Å². The average Bonchev–Trinajstić information content (AvgIpc) is 2.49. The van der Waals surface area contributed by atoms with Crippen LogP contribution >= 0.6 is 0 Å². The van der Waals surface area contributed by atoms with E-state index in [1.54, 1.807) is 6.07 Å². The lowest BCUT2D eigenvalue weighted by molar-refractivity contribution is 0.481. The molecule has 14 heavy (non-hydrogen) atoms. The second kappa shape index (κ2) is 3.37. The molecule has 1 heterocycles. The molecule has 2 rings (SSSR count). The van der Waals surface area contributed by atoms with Crippen molar-refractivity contribution in [3.63, 3.8) is 0 Å². The molecule has 74 valence electrons. The Labute approximate surface area is 83.8 Å². The molecule has 0 fully saturated rings. The third-order valence-electron chi connectivity index (χ3n) is 2.35. The zero-order chi connectivity index (χ0) is 10.1. The predicted molar refractivity (Wildman–Crippen MR) is 58.4 cm³/mol. The van der Waals surface area contributed by atoms with Gasteiger partial charge in [-0.3, -0.25) is 0 Å². The standard InChI is InChI=1S/C12H15NO/c1-9(2)8-13-7-6-10-11(13)4-3-5-12(10)14/h3-7,9,14H,8H2,1-2H3. The van der Waals surface area contributed by atoms with Crippen molar-refractivity contribution in [3.8, 4) is 5.75 Å². The van der Waals surface area contributed by atoms with E-state index in [1.165, 1.54) is 0 Å². The van der Waals surface area contributed by atoms with Crippen LogP contribution in [0.2, 0.25) is 0 Å². The maximum Gasteiger partial charge on any atom is 0.124 e. The topological polar surface area (TPSA) is 25.2 Å². The summed E-state index contributed by atoms with van der Waals surface area (Å²) in [6.07, 6.45) is 2.03. The first-order chi connectivity index (χ1) is 6.68. The Kier molecular flexibility index (Phi) is 2.20. The van der Waals surface area contributed by atoms with E-state index in [9.17, 15) is 5.11 Å². The monoisotopic (exact) mass is 189 g/mol. The summed E-state index contributed by atoms with van der Waals surface area (Å²) >= 11 is 0. The zero-order valence-corrected chi connectivity index (χ0v) is 8.57. The van der Waals surface area contributed by atoms with Crippen LogP contribution in [0.5, 0.6) is 5.75 Å². The molecule has 1 aromatic heterocycles. The SMILES string of the molecule is CC(C)Cn1ccc2c(O)cccc21. The molecule has 2 nitrogen and oxygen atoms in total. The third-order valence-corrected chi connectivity index (χ3v) is 2.35. The molecule has 0 aliphatic carbocycles. The lowest BCUT2D eigenvalue weighted by atomic mass is 10.2. The minimum absolute atomic E-state index is 0.366. The summed E-state index contributed by atoms with van der Waals surface area (Å²) in [5, 5.41) is 10.5. The second-order valence-corrected chi connectivity index (χ2v) is 4.07. The van der Waals surface area contributed by atoms with E-state index < -0.39 is 0 Å². The molecule has 0 bridgehead atoms. The molecule has 1 N–H and O–H groups in total. The number of aromatic nitrogens is 1. The Morgan fingerprint density at radius 3 is 2.79 bits per heavy atom. The third kappa shape index (κ3) is 1.48. The van der Waals surface area contributed by atoms with Crippen molar-refractivity contribution in [2.75, 3.05) is 0 Å². The predicted octanol–water partition coefficient (Wildman–Crippen LogP) is 3.00. The average molecular weight is 189 g/mol. The van der Waals surface area contributed by atoms with E-state index in [2.05, 4.69) is 18.4 Å². The number of fused-ring (bicyclic) bond motifs is 1. The zero-order valence-electron chi connectivity index (χ0n) is 8.57. The van der Waals surface area contributed by atoms with Crippen molar-refractivity contribution in [1.29, 1.82) is 0 Å². The fraction of sp³-hybridized carbons (Fsp3) is 0.333. The van der Waals surface area contributed by atoms with Gasteiger partial charge in [-0.25, -0.2) is 0 Å². The Morgan fingerprint density at radius 1 is 1.29 bits per heavy atom. The fourth-order valence-corrected chi connectivity index (χ4v) is 1.76. The first-order valence-corrected chi connectivity index (χ1v) is 4.95. The van der Waals surface area contributed by atoms with Gasteiger partial charge in [-0.2, -0.15) is 0 Å². The molecule has 1 aromatic carbocycles. The van der Waals surface area contributed by atoms with Gasteiger partial charge in [0.1, 0.15) is 5.75 Å². The van der Waals surface area contributed by atoms with Crippen LogP contribution in [-0.4, -0.2) is 9.67 Å². The van der Waals surface area contributed by atoms with Crippen molar-refractivity contribution in [2.24, 2.45) is 5.92 Å². The number of phenols is 1. The molecular formula is C12H15NO. The van der Waals surface area contributed by atoms with Crippen molar-refractivity contribution >= 4 is 10.9 Å². The molecule has 2 aromatic rings. The first kappa shape index (κ1) is 9.13. The highest BCUT2D eigenvalue weighted by molar-refractivity contribution is 5.86. The quantitative estimate of drug-likeness (QED) is 0.771. The molecule has 0 spiro atoms. The number of rotatable bonds is 2. The van der Waals surface area contributed by atoms with E-state index in [0.29, 0.717) is 11.7 Å². The highest BCUT2D eigenvalue weighted by Gasteiger charge is 2.04. The van der Waals surface area contributed by atoms with Gasteiger partial charge in [0.2, 0.25) is 0 Å². The van der Waals surface area contributed by atoms with E-state index in [-0.39, 0.29) is 0 Å². The van der Waals surface area contributed by atoms with Gasteiger partial charge in [-0.1, -0.05) is 19.9 Å². The Balaban J connectivity index is 2.52. The van der Waals surface area contributed by atoms with Gasteiger partial charge >= 0.3 is 0 Å². The van der Waals surface area contributed by atoms with Crippen molar-refractivity contribution in [2.45, 2.75) is 20.4 Å². The number of nitrogens with zero attached hydrogens (tertiary/aromatic N) is 1. The summed E-state index contributed by atoms with van der Waals surface area (Å²) in [6.45, 7) is 5.37. The summed E-state index contributed by atoms with van der Waals surface area (Å²) in [4.78, 5) is 0. The van der Waals surface area contributed by atoms with Crippen molar-refractivity contribution in [1.82, 2.24) is 4.57 Å². The van der Waals surface area contributed by atoms with E-state index in [1.807, 2.05) is 24.4 Å². The smallest absolute Gasteiger partial charge is 0.124 e. The van der Waals surface area contributed by atoms with Crippen LogP contribution in [0, 0.1) is 5.92 Å². The lowest BCUT2D eigenvalue weighted by Gasteiger charge is -2.08. The van der Waals surface area contributed by atoms with Crippen LogP contribution in [0.4, 0.5) is 0 Å². The van der Waals surface area contributed by atoms with Gasteiger partial charge in [0.25, 0.3) is 0 Å². The van der Waals surface area contributed by atoms with E-state index >= 15 is 0 Å². The highest BCUT2D eigenvalue weighted by atomic mass is 16.3. The maximum atomic E-state index is 9.61. The molecule has 2 heteroatoms. The van der Waals surface area contributed by atoms with Gasteiger partial charge in [0.15, 0.2) is 0 Å². The van der Waals surface area contributed by atoms with Crippen LogP contribution < -0.4 is 0 Å². The maximum absolute atomic E-state index is 9.61. The summed E-state index contributed by atoms with van der Waals surface area (Å²) in [6, 6.07) is 7.61. The number of aromatic hydroxyl groups is 1. The summed E-state index contributed by atoms with van der Waals surface area (Å²) in [5.74, 6) is 0.984. The molecule has 0 amide bonds. The molecule has 0 atom stereocenters. The van der Waals surface area contributed by atoms with E-state index in [0.717, 1.165) is 17.4 Å². The van der Waals surface area contributed by atoms with Crippen LogP contribution in [0.3, 0.4) is 0 Å². The van der Waals surface area contributed by atoms with Crippen molar-refractivity contribution in [3.05, 3.63) is 30.5 Å². The molecule has 0 saturated heterocycles. The molecule has 0 aliphatic rings. The summed E-state index contributed by atoms with van der Waals surface area (Å²) < 4.78 is 2.18. The van der Waals surface area contributed by atoms with Gasteiger partial charge < -0.3 is 9.67 Å². The van der Waals surface area contributed by atoms with Gasteiger partial charge in [-0.05, 0) is 24.1 Å².